The van der Waals surface area contributed by atoms with Gasteiger partial charge in [0.05, 0.1) is 12.4 Å². The maximum absolute atomic E-state index is 11.2. The number of hydrogen-bond acceptors (Lipinski definition) is 3. The molecule has 1 fully saturated rings. The van der Waals surface area contributed by atoms with E-state index in [1.54, 1.807) is 0 Å². The molecule has 17 heavy (non-hydrogen) atoms. The monoisotopic (exact) mass is 282 g/mol. The SMILES string of the molecule is CC(C)CCOCC1(CS(=O)(=O)Cl)CCCC1. The van der Waals surface area contributed by atoms with Gasteiger partial charge in [-0.15, -0.1) is 0 Å². The average Bonchev–Trinajstić information content (AvgIpc) is 2.58. The topological polar surface area (TPSA) is 43.4 Å². The van der Waals surface area contributed by atoms with Crippen molar-refractivity contribution in [3.63, 3.8) is 0 Å². The van der Waals surface area contributed by atoms with Crippen molar-refractivity contribution in [3.8, 4) is 0 Å². The standard InChI is InChI=1S/C12H23ClO3S/c1-11(2)5-8-16-9-12(6-3-4-7-12)10-17(13,14)15/h11H,3-10H2,1-2H3. The van der Waals surface area contributed by atoms with Crippen LogP contribution in [0.3, 0.4) is 0 Å². The summed E-state index contributed by atoms with van der Waals surface area (Å²) in [5.41, 5.74) is -0.225. The van der Waals surface area contributed by atoms with E-state index in [0.717, 1.165) is 32.1 Å². The minimum Gasteiger partial charge on any atom is -0.381 e. The Morgan fingerprint density at radius 1 is 1.29 bits per heavy atom. The van der Waals surface area contributed by atoms with Crippen LogP contribution in [0.5, 0.6) is 0 Å². The van der Waals surface area contributed by atoms with Crippen molar-refractivity contribution in [2.24, 2.45) is 11.3 Å². The highest BCUT2D eigenvalue weighted by Crippen LogP contribution is 2.40. The smallest absolute Gasteiger partial charge is 0.233 e. The zero-order chi connectivity index (χ0) is 12.9. The predicted molar refractivity (Wildman–Crippen MR) is 70.8 cm³/mol. The molecule has 0 atom stereocenters. The van der Waals surface area contributed by atoms with Crippen LogP contribution in [-0.2, 0) is 13.8 Å². The first-order valence-electron chi connectivity index (χ1n) is 6.33. The molecule has 0 radical (unpaired) electrons. The molecule has 0 saturated heterocycles. The third kappa shape index (κ3) is 6.07. The van der Waals surface area contributed by atoms with Crippen LogP contribution in [0.15, 0.2) is 0 Å². The number of halogens is 1. The van der Waals surface area contributed by atoms with Gasteiger partial charge in [0.1, 0.15) is 0 Å². The lowest BCUT2D eigenvalue weighted by Gasteiger charge is -2.27. The second-order valence-electron chi connectivity index (χ2n) is 5.63. The van der Waals surface area contributed by atoms with Gasteiger partial charge in [-0.25, -0.2) is 8.42 Å². The van der Waals surface area contributed by atoms with Gasteiger partial charge in [-0.3, -0.25) is 0 Å². The summed E-state index contributed by atoms with van der Waals surface area (Å²) in [6.07, 6.45) is 5.02. The van der Waals surface area contributed by atoms with Crippen LogP contribution in [0.25, 0.3) is 0 Å². The molecule has 0 spiro atoms. The molecule has 0 bridgehead atoms. The summed E-state index contributed by atoms with van der Waals surface area (Å²) in [6.45, 7) is 5.54. The number of rotatable bonds is 7. The van der Waals surface area contributed by atoms with Crippen molar-refractivity contribution in [1.29, 1.82) is 0 Å². The molecule has 0 aromatic heterocycles. The first-order valence-corrected chi connectivity index (χ1v) is 8.81. The van der Waals surface area contributed by atoms with E-state index in [1.165, 1.54) is 0 Å². The van der Waals surface area contributed by atoms with E-state index in [1.807, 2.05) is 0 Å². The normalized spacial score (nSPS) is 20.0. The van der Waals surface area contributed by atoms with E-state index in [2.05, 4.69) is 13.8 Å². The van der Waals surface area contributed by atoms with Gasteiger partial charge in [-0.2, -0.15) is 0 Å². The second-order valence-corrected chi connectivity index (χ2v) is 8.40. The highest BCUT2D eigenvalue weighted by Gasteiger charge is 2.38. The molecule has 0 aromatic rings. The van der Waals surface area contributed by atoms with Crippen LogP contribution in [0, 0.1) is 11.3 Å². The molecule has 0 aromatic carbocycles. The van der Waals surface area contributed by atoms with Crippen molar-refractivity contribution in [2.45, 2.75) is 46.0 Å². The molecule has 0 unspecified atom stereocenters. The zero-order valence-electron chi connectivity index (χ0n) is 10.7. The summed E-state index contributed by atoms with van der Waals surface area (Å²) in [7, 11) is 1.96. The van der Waals surface area contributed by atoms with E-state index in [-0.39, 0.29) is 11.2 Å². The van der Waals surface area contributed by atoms with Crippen molar-refractivity contribution >= 4 is 19.7 Å². The Kier molecular flexibility index (Phi) is 5.74. The Morgan fingerprint density at radius 2 is 1.88 bits per heavy atom. The van der Waals surface area contributed by atoms with E-state index < -0.39 is 9.05 Å². The third-order valence-electron chi connectivity index (χ3n) is 3.39. The Hall–Kier alpha value is 0.200. The minimum absolute atomic E-state index is 0.0588. The largest absolute Gasteiger partial charge is 0.381 e. The number of hydrogen-bond donors (Lipinski definition) is 0. The molecule has 1 aliphatic carbocycles. The lowest BCUT2D eigenvalue weighted by atomic mass is 9.90. The maximum Gasteiger partial charge on any atom is 0.233 e. The first kappa shape index (κ1) is 15.3. The molecule has 0 N–H and O–H groups in total. The van der Waals surface area contributed by atoms with E-state index in [4.69, 9.17) is 15.4 Å². The van der Waals surface area contributed by atoms with Gasteiger partial charge in [0, 0.05) is 22.7 Å². The molecule has 0 heterocycles. The molecule has 1 saturated carbocycles. The van der Waals surface area contributed by atoms with Crippen LogP contribution in [0.4, 0.5) is 0 Å². The van der Waals surface area contributed by atoms with E-state index in [9.17, 15) is 8.42 Å². The van der Waals surface area contributed by atoms with Crippen molar-refractivity contribution < 1.29 is 13.2 Å². The highest BCUT2D eigenvalue weighted by molar-refractivity contribution is 8.13. The van der Waals surface area contributed by atoms with E-state index in [0.29, 0.717) is 19.1 Å². The van der Waals surface area contributed by atoms with Crippen LogP contribution in [-0.4, -0.2) is 27.4 Å². The van der Waals surface area contributed by atoms with E-state index >= 15 is 0 Å². The molecule has 0 aliphatic heterocycles. The van der Waals surface area contributed by atoms with Gasteiger partial charge in [0.25, 0.3) is 0 Å². The summed E-state index contributed by atoms with van der Waals surface area (Å²) >= 11 is 0. The molecular formula is C12H23ClO3S. The quantitative estimate of drug-likeness (QED) is 0.532. The van der Waals surface area contributed by atoms with Crippen LogP contribution < -0.4 is 0 Å². The Morgan fingerprint density at radius 3 is 2.35 bits per heavy atom. The lowest BCUT2D eigenvalue weighted by molar-refractivity contribution is 0.0522. The lowest BCUT2D eigenvalue weighted by Crippen LogP contribution is -2.31. The van der Waals surface area contributed by atoms with Gasteiger partial charge in [0.2, 0.25) is 9.05 Å². The first-order chi connectivity index (χ1) is 7.83. The van der Waals surface area contributed by atoms with Crippen molar-refractivity contribution in [3.05, 3.63) is 0 Å². The molecule has 1 aliphatic rings. The highest BCUT2D eigenvalue weighted by atomic mass is 35.7. The summed E-state index contributed by atoms with van der Waals surface area (Å²) < 4.78 is 28.1. The molecule has 0 amide bonds. The van der Waals surface area contributed by atoms with Gasteiger partial charge in [0.15, 0.2) is 0 Å². The van der Waals surface area contributed by atoms with Gasteiger partial charge in [-0.1, -0.05) is 26.7 Å². The third-order valence-corrected chi connectivity index (χ3v) is 4.68. The summed E-state index contributed by atoms with van der Waals surface area (Å²) in [5.74, 6) is 0.676. The zero-order valence-corrected chi connectivity index (χ0v) is 12.3. The molecular weight excluding hydrogens is 260 g/mol. The fraction of sp³-hybridized carbons (Fsp3) is 1.00. The fourth-order valence-electron chi connectivity index (χ4n) is 2.43. The Balaban J connectivity index is 2.43. The number of ether oxygens (including phenoxy) is 1. The Bertz CT molecular complexity index is 319. The molecule has 3 nitrogen and oxygen atoms in total. The van der Waals surface area contributed by atoms with Gasteiger partial charge < -0.3 is 4.74 Å². The van der Waals surface area contributed by atoms with Crippen LogP contribution in [0.1, 0.15) is 46.0 Å². The van der Waals surface area contributed by atoms with Crippen molar-refractivity contribution in [2.75, 3.05) is 19.0 Å². The average molecular weight is 283 g/mol. The van der Waals surface area contributed by atoms with Gasteiger partial charge >= 0.3 is 0 Å². The molecule has 5 heteroatoms. The molecule has 1 rings (SSSR count). The molecule has 102 valence electrons. The Labute approximate surface area is 109 Å². The summed E-state index contributed by atoms with van der Waals surface area (Å²) in [6, 6.07) is 0. The summed E-state index contributed by atoms with van der Waals surface area (Å²) in [4.78, 5) is 0. The van der Waals surface area contributed by atoms with Crippen LogP contribution in [0.2, 0.25) is 0 Å². The van der Waals surface area contributed by atoms with Crippen LogP contribution >= 0.6 is 10.7 Å². The van der Waals surface area contributed by atoms with Gasteiger partial charge in [-0.05, 0) is 25.2 Å². The van der Waals surface area contributed by atoms with Crippen molar-refractivity contribution in [1.82, 2.24) is 0 Å². The predicted octanol–water partition coefficient (Wildman–Crippen LogP) is 3.18. The minimum atomic E-state index is -3.43. The second kappa shape index (κ2) is 6.39. The fourth-order valence-corrected chi connectivity index (χ4v) is 4.23. The maximum atomic E-state index is 11.2. The summed E-state index contributed by atoms with van der Waals surface area (Å²) in [5, 5.41) is 0.